The number of thiophene rings is 1. The van der Waals surface area contributed by atoms with Crippen LogP contribution in [0.1, 0.15) is 52.5 Å². The fraction of sp³-hybridized carbons (Fsp3) is 0.706. The minimum atomic E-state index is -0.455. The summed E-state index contributed by atoms with van der Waals surface area (Å²) in [5, 5.41) is 8.53. The maximum atomic E-state index is 11.8. The Morgan fingerprint density at radius 1 is 1.27 bits per heavy atom. The van der Waals surface area contributed by atoms with Crippen molar-refractivity contribution in [2.75, 3.05) is 13.1 Å². The van der Waals surface area contributed by atoms with E-state index in [1.807, 2.05) is 20.8 Å². The molecule has 0 radical (unpaired) electrons. The van der Waals surface area contributed by atoms with Gasteiger partial charge in [-0.3, -0.25) is 0 Å². The molecule has 1 aromatic heterocycles. The molecule has 0 bridgehead atoms. The van der Waals surface area contributed by atoms with Crippen molar-refractivity contribution in [2.24, 2.45) is 11.8 Å². The minimum absolute atomic E-state index is 0.336. The SMILES string of the molecule is CC(NCC(CNC(=O)OC(C)(C)C)C(C)C)c1cccs1. The monoisotopic (exact) mass is 326 g/mol. The molecule has 1 rings (SSSR count). The van der Waals surface area contributed by atoms with Gasteiger partial charge in [-0.25, -0.2) is 4.79 Å². The van der Waals surface area contributed by atoms with E-state index in [-0.39, 0.29) is 6.09 Å². The predicted molar refractivity (Wildman–Crippen MR) is 93.3 cm³/mol. The molecule has 0 aliphatic heterocycles. The third kappa shape index (κ3) is 7.27. The third-order valence-electron chi connectivity index (χ3n) is 3.51. The summed E-state index contributed by atoms with van der Waals surface area (Å²) < 4.78 is 5.28. The number of amides is 1. The normalized spacial score (nSPS) is 14.7. The van der Waals surface area contributed by atoms with Crippen LogP contribution in [0.4, 0.5) is 4.79 Å². The van der Waals surface area contributed by atoms with Crippen LogP contribution in [-0.4, -0.2) is 24.8 Å². The van der Waals surface area contributed by atoms with Crippen molar-refractivity contribution in [2.45, 2.75) is 53.2 Å². The highest BCUT2D eigenvalue weighted by molar-refractivity contribution is 7.10. The van der Waals surface area contributed by atoms with E-state index in [4.69, 9.17) is 4.74 Å². The highest BCUT2D eigenvalue weighted by Gasteiger charge is 2.19. The Labute approximate surface area is 138 Å². The molecule has 0 fully saturated rings. The van der Waals surface area contributed by atoms with E-state index >= 15 is 0 Å². The van der Waals surface area contributed by atoms with E-state index in [1.165, 1.54) is 4.88 Å². The molecule has 0 aromatic carbocycles. The summed E-state index contributed by atoms with van der Waals surface area (Å²) >= 11 is 1.76. The first-order valence-corrected chi connectivity index (χ1v) is 8.80. The lowest BCUT2D eigenvalue weighted by Crippen LogP contribution is -2.40. The van der Waals surface area contributed by atoms with Crippen molar-refractivity contribution in [3.05, 3.63) is 22.4 Å². The predicted octanol–water partition coefficient (Wildman–Crippen LogP) is 4.20. The van der Waals surface area contributed by atoms with Crippen LogP contribution in [-0.2, 0) is 4.74 Å². The summed E-state index contributed by atoms with van der Waals surface area (Å²) in [6.45, 7) is 13.6. The fourth-order valence-electron chi connectivity index (χ4n) is 2.04. The van der Waals surface area contributed by atoms with Crippen LogP contribution in [0.3, 0.4) is 0 Å². The molecule has 2 unspecified atom stereocenters. The molecule has 1 heterocycles. The second-order valence-electron chi connectivity index (χ2n) is 7.03. The van der Waals surface area contributed by atoms with Crippen LogP contribution in [0.15, 0.2) is 17.5 Å². The highest BCUT2D eigenvalue weighted by atomic mass is 32.1. The summed E-state index contributed by atoms with van der Waals surface area (Å²) in [4.78, 5) is 13.1. The van der Waals surface area contributed by atoms with E-state index in [9.17, 15) is 4.79 Å². The molecule has 0 saturated carbocycles. The van der Waals surface area contributed by atoms with E-state index in [0.29, 0.717) is 24.4 Å². The zero-order valence-corrected chi connectivity index (χ0v) is 15.4. The second-order valence-corrected chi connectivity index (χ2v) is 8.01. The van der Waals surface area contributed by atoms with Gasteiger partial charge >= 0.3 is 6.09 Å². The lowest BCUT2D eigenvalue weighted by atomic mass is 9.95. The van der Waals surface area contributed by atoms with Gasteiger partial charge in [-0.1, -0.05) is 19.9 Å². The molecule has 0 aliphatic rings. The zero-order chi connectivity index (χ0) is 16.8. The van der Waals surface area contributed by atoms with Crippen LogP contribution in [0, 0.1) is 11.8 Å². The Morgan fingerprint density at radius 2 is 1.95 bits per heavy atom. The van der Waals surface area contributed by atoms with Crippen molar-refractivity contribution in [1.29, 1.82) is 0 Å². The number of alkyl carbamates (subject to hydrolysis) is 1. The topological polar surface area (TPSA) is 50.4 Å². The number of hydrogen-bond donors (Lipinski definition) is 2. The maximum absolute atomic E-state index is 11.8. The summed E-state index contributed by atoms with van der Waals surface area (Å²) in [6, 6.07) is 4.55. The summed E-state index contributed by atoms with van der Waals surface area (Å²) in [5.41, 5.74) is -0.455. The Morgan fingerprint density at radius 3 is 2.45 bits per heavy atom. The van der Waals surface area contributed by atoms with Crippen LogP contribution < -0.4 is 10.6 Å². The number of carbonyl (C=O) groups excluding carboxylic acids is 1. The Kier molecular flexibility index (Phi) is 7.36. The lowest BCUT2D eigenvalue weighted by Gasteiger charge is -2.25. The largest absolute Gasteiger partial charge is 0.444 e. The average Bonchev–Trinajstić information content (AvgIpc) is 2.89. The molecular formula is C17H30N2O2S. The van der Waals surface area contributed by atoms with Gasteiger partial charge in [0.2, 0.25) is 0 Å². The number of nitrogens with one attached hydrogen (secondary N) is 2. The van der Waals surface area contributed by atoms with Crippen LogP contribution in [0.25, 0.3) is 0 Å². The van der Waals surface area contributed by atoms with Crippen molar-refractivity contribution in [1.82, 2.24) is 10.6 Å². The van der Waals surface area contributed by atoms with Gasteiger partial charge in [-0.2, -0.15) is 0 Å². The molecule has 0 saturated heterocycles. The van der Waals surface area contributed by atoms with Crippen molar-refractivity contribution < 1.29 is 9.53 Å². The molecule has 2 N–H and O–H groups in total. The van der Waals surface area contributed by atoms with Crippen LogP contribution >= 0.6 is 11.3 Å². The second kappa shape index (κ2) is 8.53. The first-order valence-electron chi connectivity index (χ1n) is 7.92. The van der Waals surface area contributed by atoms with Gasteiger partial charge in [-0.05, 0) is 51.0 Å². The average molecular weight is 327 g/mol. The van der Waals surface area contributed by atoms with Gasteiger partial charge in [0.25, 0.3) is 0 Å². The van der Waals surface area contributed by atoms with Crippen LogP contribution in [0.5, 0.6) is 0 Å². The third-order valence-corrected chi connectivity index (χ3v) is 4.56. The Hall–Kier alpha value is -1.07. The quantitative estimate of drug-likeness (QED) is 0.789. The van der Waals surface area contributed by atoms with E-state index in [1.54, 1.807) is 11.3 Å². The molecule has 1 aromatic rings. The summed E-state index contributed by atoms with van der Waals surface area (Å²) in [7, 11) is 0. The number of carbonyl (C=O) groups is 1. The molecule has 4 nitrogen and oxygen atoms in total. The van der Waals surface area contributed by atoms with Crippen LogP contribution in [0.2, 0.25) is 0 Å². The van der Waals surface area contributed by atoms with Gasteiger partial charge in [0.1, 0.15) is 5.60 Å². The number of ether oxygens (including phenoxy) is 1. The summed E-state index contributed by atoms with van der Waals surface area (Å²) in [5.74, 6) is 0.855. The molecule has 126 valence electrons. The van der Waals surface area contributed by atoms with E-state index < -0.39 is 5.60 Å². The van der Waals surface area contributed by atoms with Gasteiger partial charge in [0, 0.05) is 24.0 Å². The minimum Gasteiger partial charge on any atom is -0.444 e. The molecule has 0 spiro atoms. The molecule has 5 heteroatoms. The van der Waals surface area contributed by atoms with Gasteiger partial charge in [0.05, 0.1) is 0 Å². The molecular weight excluding hydrogens is 296 g/mol. The first kappa shape index (κ1) is 19.0. The van der Waals surface area contributed by atoms with Crippen molar-refractivity contribution in [3.8, 4) is 0 Å². The zero-order valence-electron chi connectivity index (χ0n) is 14.6. The number of hydrogen-bond acceptors (Lipinski definition) is 4. The van der Waals surface area contributed by atoms with E-state index in [0.717, 1.165) is 6.54 Å². The number of rotatable bonds is 7. The molecule has 1 amide bonds. The van der Waals surface area contributed by atoms with Gasteiger partial charge in [-0.15, -0.1) is 11.3 Å². The Balaban J connectivity index is 2.40. The lowest BCUT2D eigenvalue weighted by molar-refractivity contribution is 0.0514. The maximum Gasteiger partial charge on any atom is 0.407 e. The van der Waals surface area contributed by atoms with Crippen molar-refractivity contribution in [3.63, 3.8) is 0 Å². The molecule has 2 atom stereocenters. The highest BCUT2D eigenvalue weighted by Crippen LogP contribution is 2.19. The van der Waals surface area contributed by atoms with Crippen molar-refractivity contribution >= 4 is 17.4 Å². The fourth-order valence-corrected chi connectivity index (χ4v) is 2.80. The smallest absolute Gasteiger partial charge is 0.407 e. The van der Waals surface area contributed by atoms with Gasteiger partial charge in [0.15, 0.2) is 0 Å². The first-order chi connectivity index (χ1) is 10.2. The molecule has 22 heavy (non-hydrogen) atoms. The van der Waals surface area contributed by atoms with Gasteiger partial charge < -0.3 is 15.4 Å². The Bertz CT molecular complexity index is 438. The standard InChI is InChI=1S/C17H30N2O2S/c1-12(2)14(11-19-16(20)21-17(4,5)6)10-18-13(3)15-8-7-9-22-15/h7-9,12-14,18H,10-11H2,1-6H3,(H,19,20). The van der Waals surface area contributed by atoms with E-state index in [2.05, 4.69) is 48.9 Å². The molecule has 0 aliphatic carbocycles. The summed E-state index contributed by atoms with van der Waals surface area (Å²) in [6.07, 6.45) is -0.343.